The van der Waals surface area contributed by atoms with Crippen molar-refractivity contribution in [2.45, 2.75) is 18.9 Å². The molecule has 0 saturated heterocycles. The summed E-state index contributed by atoms with van der Waals surface area (Å²) in [5, 5.41) is 12.2. The highest BCUT2D eigenvalue weighted by molar-refractivity contribution is 5.78. The summed E-state index contributed by atoms with van der Waals surface area (Å²) in [4.78, 5) is 16.7. The van der Waals surface area contributed by atoms with Gasteiger partial charge in [-0.1, -0.05) is 48.5 Å². The van der Waals surface area contributed by atoms with Crippen molar-refractivity contribution in [1.29, 1.82) is 0 Å². The summed E-state index contributed by atoms with van der Waals surface area (Å²) in [7, 11) is 0. The zero-order valence-electron chi connectivity index (χ0n) is 13.8. The third kappa shape index (κ3) is 4.55. The fourth-order valence-corrected chi connectivity index (χ4v) is 2.65. The second-order valence-electron chi connectivity index (χ2n) is 5.73. The molecule has 5 nitrogen and oxygen atoms in total. The average molecular weight is 336 g/mol. The summed E-state index contributed by atoms with van der Waals surface area (Å²) in [6, 6.07) is 18.9. The molecule has 0 fully saturated rings. The van der Waals surface area contributed by atoms with E-state index >= 15 is 0 Å². The maximum absolute atomic E-state index is 12.3. The minimum Gasteiger partial charge on any atom is -0.444 e. The minimum atomic E-state index is -0.223. The van der Waals surface area contributed by atoms with E-state index in [-0.39, 0.29) is 25.0 Å². The van der Waals surface area contributed by atoms with E-state index < -0.39 is 0 Å². The summed E-state index contributed by atoms with van der Waals surface area (Å²) >= 11 is 0. The Kier molecular flexibility index (Phi) is 5.59. The molecule has 1 aromatic heterocycles. The van der Waals surface area contributed by atoms with Gasteiger partial charge in [-0.05, 0) is 24.1 Å². The third-order valence-electron chi connectivity index (χ3n) is 3.87. The lowest BCUT2D eigenvalue weighted by atomic mass is 10.0. The molecule has 0 aliphatic heterocycles. The van der Waals surface area contributed by atoms with Crippen molar-refractivity contribution in [2.75, 3.05) is 6.61 Å². The van der Waals surface area contributed by atoms with Gasteiger partial charge in [-0.2, -0.15) is 0 Å². The maximum Gasteiger partial charge on any atom is 0.226 e. The number of oxazole rings is 1. The number of rotatable bonds is 7. The van der Waals surface area contributed by atoms with E-state index in [4.69, 9.17) is 4.42 Å². The molecule has 5 heteroatoms. The van der Waals surface area contributed by atoms with Crippen LogP contribution in [0.5, 0.6) is 0 Å². The van der Waals surface area contributed by atoms with Crippen molar-refractivity contribution < 1.29 is 14.3 Å². The molecular weight excluding hydrogens is 316 g/mol. The van der Waals surface area contributed by atoms with Crippen LogP contribution in [0.1, 0.15) is 23.7 Å². The standard InChI is InChI=1S/C20H20N2O3/c23-12-11-18(15-7-3-1-4-8-15)22-19(24)13-17-14-25-20(21-17)16-9-5-2-6-10-16/h1-10,14,18,23H,11-13H2,(H,22,24). The number of carbonyl (C=O) groups excluding carboxylic acids is 1. The Labute approximate surface area is 146 Å². The van der Waals surface area contributed by atoms with Crippen LogP contribution in [-0.2, 0) is 11.2 Å². The smallest absolute Gasteiger partial charge is 0.226 e. The van der Waals surface area contributed by atoms with Crippen LogP contribution in [0.4, 0.5) is 0 Å². The van der Waals surface area contributed by atoms with Gasteiger partial charge in [0.25, 0.3) is 0 Å². The molecule has 1 amide bonds. The molecule has 2 N–H and O–H groups in total. The third-order valence-corrected chi connectivity index (χ3v) is 3.87. The van der Waals surface area contributed by atoms with Crippen molar-refractivity contribution in [3.05, 3.63) is 78.2 Å². The number of hydrogen-bond acceptors (Lipinski definition) is 4. The number of amides is 1. The van der Waals surface area contributed by atoms with Gasteiger partial charge in [0, 0.05) is 12.2 Å². The van der Waals surface area contributed by atoms with E-state index in [9.17, 15) is 9.90 Å². The lowest BCUT2D eigenvalue weighted by Gasteiger charge is -2.18. The number of aromatic nitrogens is 1. The SMILES string of the molecule is O=C(Cc1coc(-c2ccccc2)n1)NC(CCO)c1ccccc1. The highest BCUT2D eigenvalue weighted by atomic mass is 16.3. The van der Waals surface area contributed by atoms with Gasteiger partial charge in [0.15, 0.2) is 0 Å². The number of benzene rings is 2. The highest BCUT2D eigenvalue weighted by Gasteiger charge is 2.16. The van der Waals surface area contributed by atoms with Crippen molar-refractivity contribution in [1.82, 2.24) is 10.3 Å². The minimum absolute atomic E-state index is 0.00194. The Hall–Kier alpha value is -2.92. The number of carbonyl (C=O) groups is 1. The Morgan fingerprint density at radius 2 is 1.76 bits per heavy atom. The molecule has 1 atom stereocenters. The van der Waals surface area contributed by atoms with Crippen LogP contribution in [-0.4, -0.2) is 22.6 Å². The van der Waals surface area contributed by atoms with Crippen LogP contribution in [0.3, 0.4) is 0 Å². The summed E-state index contributed by atoms with van der Waals surface area (Å²) in [5.74, 6) is 0.341. The molecule has 2 aromatic carbocycles. The second kappa shape index (κ2) is 8.26. The summed E-state index contributed by atoms with van der Waals surface area (Å²) in [5.41, 5.74) is 2.42. The molecule has 3 aromatic rings. The lowest BCUT2D eigenvalue weighted by molar-refractivity contribution is -0.121. The highest BCUT2D eigenvalue weighted by Crippen LogP contribution is 2.19. The van der Waals surface area contributed by atoms with Gasteiger partial charge >= 0.3 is 0 Å². The molecule has 1 unspecified atom stereocenters. The van der Waals surface area contributed by atoms with E-state index in [1.54, 1.807) is 0 Å². The predicted octanol–water partition coefficient (Wildman–Crippen LogP) is 3.12. The van der Waals surface area contributed by atoms with Crippen LogP contribution in [0, 0.1) is 0 Å². The molecule has 3 rings (SSSR count). The molecule has 0 aliphatic carbocycles. The van der Waals surface area contributed by atoms with Crippen molar-refractivity contribution in [3.8, 4) is 11.5 Å². The molecular formula is C20H20N2O3. The molecule has 0 aliphatic rings. The molecule has 1 heterocycles. The zero-order valence-corrected chi connectivity index (χ0v) is 13.8. The second-order valence-corrected chi connectivity index (χ2v) is 5.73. The number of nitrogens with one attached hydrogen (secondary N) is 1. The summed E-state index contributed by atoms with van der Waals surface area (Å²) < 4.78 is 5.46. The van der Waals surface area contributed by atoms with Gasteiger partial charge in [-0.3, -0.25) is 4.79 Å². The Morgan fingerprint density at radius 3 is 2.44 bits per heavy atom. The number of hydrogen-bond donors (Lipinski definition) is 2. The van der Waals surface area contributed by atoms with E-state index in [0.717, 1.165) is 11.1 Å². The van der Waals surface area contributed by atoms with E-state index in [1.807, 2.05) is 60.7 Å². The van der Waals surface area contributed by atoms with Crippen LogP contribution < -0.4 is 5.32 Å². The molecule has 25 heavy (non-hydrogen) atoms. The van der Waals surface area contributed by atoms with Gasteiger partial charge in [0.2, 0.25) is 11.8 Å². The van der Waals surface area contributed by atoms with Gasteiger partial charge in [0.1, 0.15) is 6.26 Å². The van der Waals surface area contributed by atoms with Gasteiger partial charge in [-0.25, -0.2) is 4.98 Å². The number of aliphatic hydroxyl groups excluding tert-OH is 1. The van der Waals surface area contributed by atoms with Crippen LogP contribution in [0.2, 0.25) is 0 Å². The fraction of sp³-hybridized carbons (Fsp3) is 0.200. The first-order valence-corrected chi connectivity index (χ1v) is 8.21. The quantitative estimate of drug-likeness (QED) is 0.695. The van der Waals surface area contributed by atoms with E-state index in [0.29, 0.717) is 18.0 Å². The Bertz CT molecular complexity index is 800. The Balaban J connectivity index is 1.65. The first-order valence-electron chi connectivity index (χ1n) is 8.21. The van der Waals surface area contributed by atoms with Crippen molar-refractivity contribution in [3.63, 3.8) is 0 Å². The molecule has 0 bridgehead atoms. The summed E-state index contributed by atoms with van der Waals surface area (Å²) in [6.07, 6.45) is 2.10. The van der Waals surface area contributed by atoms with E-state index in [2.05, 4.69) is 10.3 Å². The topological polar surface area (TPSA) is 75.4 Å². The lowest BCUT2D eigenvalue weighted by Crippen LogP contribution is -2.30. The molecule has 128 valence electrons. The van der Waals surface area contributed by atoms with Crippen LogP contribution in [0.25, 0.3) is 11.5 Å². The van der Waals surface area contributed by atoms with Crippen molar-refractivity contribution >= 4 is 5.91 Å². The van der Waals surface area contributed by atoms with Gasteiger partial charge < -0.3 is 14.8 Å². The average Bonchev–Trinajstić information content (AvgIpc) is 3.11. The normalized spacial score (nSPS) is 11.9. The largest absolute Gasteiger partial charge is 0.444 e. The van der Waals surface area contributed by atoms with Crippen LogP contribution >= 0.6 is 0 Å². The van der Waals surface area contributed by atoms with E-state index in [1.165, 1.54) is 6.26 Å². The monoisotopic (exact) mass is 336 g/mol. The first kappa shape index (κ1) is 16.9. The maximum atomic E-state index is 12.3. The molecule has 0 spiro atoms. The van der Waals surface area contributed by atoms with Gasteiger partial charge in [-0.15, -0.1) is 0 Å². The number of aliphatic hydroxyl groups is 1. The van der Waals surface area contributed by atoms with Gasteiger partial charge in [0.05, 0.1) is 18.2 Å². The summed E-state index contributed by atoms with van der Waals surface area (Å²) in [6.45, 7) is 0.00194. The fourth-order valence-electron chi connectivity index (χ4n) is 2.65. The van der Waals surface area contributed by atoms with Crippen LogP contribution in [0.15, 0.2) is 71.3 Å². The predicted molar refractivity (Wildman–Crippen MR) is 94.7 cm³/mol. The van der Waals surface area contributed by atoms with Crippen molar-refractivity contribution in [2.24, 2.45) is 0 Å². The number of nitrogens with zero attached hydrogens (tertiary/aromatic N) is 1. The Morgan fingerprint density at radius 1 is 1.08 bits per heavy atom. The molecule has 0 saturated carbocycles. The molecule has 0 radical (unpaired) electrons. The first-order chi connectivity index (χ1) is 12.3. The zero-order chi connectivity index (χ0) is 17.5.